The molecule has 174 valence electrons. The molecule has 2 saturated heterocycles. The van der Waals surface area contributed by atoms with Crippen molar-refractivity contribution in [1.29, 1.82) is 0 Å². The van der Waals surface area contributed by atoms with Crippen molar-refractivity contribution < 1.29 is 69.4 Å². The van der Waals surface area contributed by atoms with Crippen LogP contribution in [0.15, 0.2) is 0 Å². The van der Waals surface area contributed by atoms with Crippen LogP contribution in [0.25, 0.3) is 0 Å². The van der Waals surface area contributed by atoms with E-state index < -0.39 is 99.4 Å². The number of ether oxygens (including phenoxy) is 4. The first-order valence-electron chi connectivity index (χ1n) is 9.10. The van der Waals surface area contributed by atoms with Crippen LogP contribution in [0.3, 0.4) is 0 Å². The van der Waals surface area contributed by atoms with Gasteiger partial charge in [-0.25, -0.2) is 0 Å². The van der Waals surface area contributed by atoms with E-state index in [0.717, 1.165) is 0 Å². The Morgan fingerprint density at radius 3 is 1.37 bits per heavy atom. The second-order valence-electron chi connectivity index (χ2n) is 6.87. The zero-order chi connectivity index (χ0) is 22.6. The first-order valence-corrected chi connectivity index (χ1v) is 9.10. The lowest BCUT2D eigenvalue weighted by molar-refractivity contribution is -0.167. The van der Waals surface area contributed by atoms with Crippen molar-refractivity contribution in [3.05, 3.63) is 0 Å². The predicted octanol–water partition coefficient (Wildman–Crippen LogP) is -5.55. The Balaban J connectivity index is 1.87. The molecule has 8 N–H and O–H groups in total. The molecule has 0 aromatic heterocycles. The molecule has 30 heavy (non-hydrogen) atoms. The summed E-state index contributed by atoms with van der Waals surface area (Å²) in [6.45, 7) is -1.58. The Bertz CT molecular complexity index is 536. The van der Waals surface area contributed by atoms with Crippen molar-refractivity contribution in [3.63, 3.8) is 0 Å². The van der Waals surface area contributed by atoms with Gasteiger partial charge in [0, 0.05) is 0 Å². The topological polar surface area (TPSA) is 233 Å². The van der Waals surface area contributed by atoms with Crippen LogP contribution in [0.5, 0.6) is 0 Å². The number of hydrogen-bond donors (Lipinski definition) is 8. The van der Waals surface area contributed by atoms with E-state index in [-0.39, 0.29) is 0 Å². The molecule has 0 aromatic rings. The molecule has 2 rings (SSSR count). The second-order valence-corrected chi connectivity index (χ2v) is 6.87. The summed E-state index contributed by atoms with van der Waals surface area (Å²) in [4.78, 5) is 24.0. The summed E-state index contributed by atoms with van der Waals surface area (Å²) in [5.74, 6) is -2.06. The fourth-order valence-corrected chi connectivity index (χ4v) is 3.08. The molecule has 2 fully saturated rings. The molecule has 14 heteroatoms. The van der Waals surface area contributed by atoms with Crippen LogP contribution in [0.4, 0.5) is 0 Å². The lowest BCUT2D eigenvalue weighted by Gasteiger charge is -2.24. The summed E-state index contributed by atoms with van der Waals surface area (Å²) < 4.78 is 19.5. The molecule has 0 spiro atoms. The SMILES string of the molecule is O=C(CCC(=O)O[C@@H]1[C@@H](O)[C@@H](O)O[C@@H]1[C@H](O)CO)O[C@@H]1[C@@H](O)[C@@H](O)O[C@@H]1[C@H](O)CO. The van der Waals surface area contributed by atoms with Crippen LogP contribution in [0.1, 0.15) is 12.8 Å². The Morgan fingerprint density at radius 1 is 0.733 bits per heavy atom. The van der Waals surface area contributed by atoms with Crippen LogP contribution in [-0.4, -0.2) is 127 Å². The third-order valence-electron chi connectivity index (χ3n) is 4.70. The quantitative estimate of drug-likeness (QED) is 0.156. The monoisotopic (exact) mass is 442 g/mol. The average Bonchev–Trinajstić information content (AvgIpc) is 3.16. The number of carbonyl (C=O) groups excluding carboxylic acids is 2. The van der Waals surface area contributed by atoms with Gasteiger partial charge in [0.1, 0.15) is 36.6 Å². The van der Waals surface area contributed by atoms with Gasteiger partial charge in [-0.15, -0.1) is 0 Å². The molecule has 0 aliphatic carbocycles. The molecule has 14 nitrogen and oxygen atoms in total. The average molecular weight is 442 g/mol. The highest BCUT2D eigenvalue weighted by molar-refractivity contribution is 5.78. The number of aliphatic hydroxyl groups is 8. The minimum Gasteiger partial charge on any atom is -0.456 e. The maximum atomic E-state index is 12.0. The maximum Gasteiger partial charge on any atom is 0.306 e. The van der Waals surface area contributed by atoms with E-state index in [9.17, 15) is 40.2 Å². The smallest absolute Gasteiger partial charge is 0.306 e. The van der Waals surface area contributed by atoms with E-state index in [2.05, 4.69) is 0 Å². The third-order valence-corrected chi connectivity index (χ3v) is 4.70. The van der Waals surface area contributed by atoms with Crippen molar-refractivity contribution in [2.75, 3.05) is 13.2 Å². The minimum absolute atomic E-state index is 0.570. The van der Waals surface area contributed by atoms with Gasteiger partial charge in [-0.1, -0.05) is 0 Å². The predicted molar refractivity (Wildman–Crippen MR) is 89.0 cm³/mol. The summed E-state index contributed by atoms with van der Waals surface area (Å²) in [6, 6.07) is 0. The van der Waals surface area contributed by atoms with E-state index >= 15 is 0 Å². The first-order chi connectivity index (χ1) is 14.1. The van der Waals surface area contributed by atoms with E-state index in [0.29, 0.717) is 0 Å². The van der Waals surface area contributed by atoms with Gasteiger partial charge in [0.2, 0.25) is 0 Å². The zero-order valence-electron chi connectivity index (χ0n) is 15.6. The molecular weight excluding hydrogens is 416 g/mol. The van der Waals surface area contributed by atoms with Gasteiger partial charge >= 0.3 is 11.9 Å². The van der Waals surface area contributed by atoms with E-state index in [4.69, 9.17) is 29.2 Å². The van der Waals surface area contributed by atoms with Gasteiger partial charge < -0.3 is 59.8 Å². The molecular formula is C16H26O14. The van der Waals surface area contributed by atoms with Crippen LogP contribution in [0, 0.1) is 0 Å². The van der Waals surface area contributed by atoms with Crippen LogP contribution >= 0.6 is 0 Å². The van der Waals surface area contributed by atoms with Gasteiger partial charge in [-0.3, -0.25) is 9.59 Å². The molecule has 0 bridgehead atoms. The molecule has 2 aliphatic heterocycles. The largest absolute Gasteiger partial charge is 0.456 e. The standard InChI is InChI=1S/C16H26O14/c17-3-5(19)11-13(9(23)15(25)29-11)27-7(21)1-2-8(22)28-14-10(24)16(26)30-12(14)6(20)4-18/h5-6,9-20,23-26H,1-4H2/t5-,6-,9-,10-,11-,12-,13-,14-,15+,16+/m1/s1. The van der Waals surface area contributed by atoms with Crippen LogP contribution in [0.2, 0.25) is 0 Å². The highest BCUT2D eigenvalue weighted by atomic mass is 16.7. The van der Waals surface area contributed by atoms with E-state index in [1.54, 1.807) is 0 Å². The van der Waals surface area contributed by atoms with Crippen molar-refractivity contribution in [1.82, 2.24) is 0 Å². The normalized spacial score (nSPS) is 38.3. The van der Waals surface area contributed by atoms with Crippen molar-refractivity contribution in [3.8, 4) is 0 Å². The molecule has 10 atom stereocenters. The molecule has 0 aromatic carbocycles. The molecule has 2 heterocycles. The number of hydrogen-bond acceptors (Lipinski definition) is 14. The number of aliphatic hydroxyl groups excluding tert-OH is 8. The fourth-order valence-electron chi connectivity index (χ4n) is 3.08. The lowest BCUT2D eigenvalue weighted by Crippen LogP contribution is -2.44. The Labute approximate surface area is 169 Å². The summed E-state index contributed by atoms with van der Waals surface area (Å²) >= 11 is 0. The van der Waals surface area contributed by atoms with Gasteiger partial charge in [0.25, 0.3) is 0 Å². The minimum atomic E-state index is -1.76. The Morgan fingerprint density at radius 2 is 1.07 bits per heavy atom. The summed E-state index contributed by atoms with van der Waals surface area (Å²) in [7, 11) is 0. The molecule has 0 radical (unpaired) electrons. The number of carbonyl (C=O) groups is 2. The fraction of sp³-hybridized carbons (Fsp3) is 0.875. The van der Waals surface area contributed by atoms with Gasteiger partial charge in [0.15, 0.2) is 24.8 Å². The molecule has 0 saturated carbocycles. The molecule has 0 amide bonds. The zero-order valence-corrected chi connectivity index (χ0v) is 15.6. The molecule has 0 unspecified atom stereocenters. The third kappa shape index (κ3) is 5.61. The second kappa shape index (κ2) is 10.7. The van der Waals surface area contributed by atoms with Crippen molar-refractivity contribution in [2.45, 2.75) is 74.3 Å². The van der Waals surface area contributed by atoms with Crippen molar-refractivity contribution >= 4 is 11.9 Å². The highest BCUT2D eigenvalue weighted by Gasteiger charge is 2.49. The summed E-state index contributed by atoms with van der Waals surface area (Å²) in [5.41, 5.74) is 0. The van der Waals surface area contributed by atoms with Gasteiger partial charge in [-0.2, -0.15) is 0 Å². The van der Waals surface area contributed by atoms with Crippen LogP contribution < -0.4 is 0 Å². The lowest BCUT2D eigenvalue weighted by atomic mass is 10.1. The van der Waals surface area contributed by atoms with Crippen molar-refractivity contribution in [2.24, 2.45) is 0 Å². The van der Waals surface area contributed by atoms with Crippen LogP contribution in [-0.2, 0) is 28.5 Å². The van der Waals surface area contributed by atoms with Gasteiger partial charge in [-0.05, 0) is 0 Å². The number of esters is 2. The Hall–Kier alpha value is -1.46. The Kier molecular flexibility index (Phi) is 8.86. The van der Waals surface area contributed by atoms with Gasteiger partial charge in [0.05, 0.1) is 26.1 Å². The van der Waals surface area contributed by atoms with E-state index in [1.165, 1.54) is 0 Å². The maximum absolute atomic E-state index is 12.0. The van der Waals surface area contributed by atoms with E-state index in [1.807, 2.05) is 0 Å². The summed E-state index contributed by atoms with van der Waals surface area (Å²) in [6.07, 6.45) is -17.0. The molecule has 2 aliphatic rings. The first kappa shape index (κ1) is 24.8. The highest BCUT2D eigenvalue weighted by Crippen LogP contribution is 2.27. The summed E-state index contributed by atoms with van der Waals surface area (Å²) in [5, 5.41) is 75.8. The number of rotatable bonds is 9.